The van der Waals surface area contributed by atoms with Gasteiger partial charge in [0.25, 0.3) is 5.91 Å². The third-order valence-electron chi connectivity index (χ3n) is 6.88. The molecular formula is C29H32N6O2. The summed E-state index contributed by atoms with van der Waals surface area (Å²) in [5, 5.41) is 11.1. The molecule has 37 heavy (non-hydrogen) atoms. The monoisotopic (exact) mass is 496 g/mol. The molecule has 0 radical (unpaired) electrons. The van der Waals surface area contributed by atoms with Gasteiger partial charge in [0, 0.05) is 37.4 Å². The van der Waals surface area contributed by atoms with Gasteiger partial charge in [0.05, 0.1) is 22.8 Å². The average Bonchev–Trinajstić information content (AvgIpc) is 3.36. The summed E-state index contributed by atoms with van der Waals surface area (Å²) in [4.78, 5) is 33.0. The lowest BCUT2D eigenvalue weighted by Gasteiger charge is -2.33. The molecule has 3 heterocycles. The van der Waals surface area contributed by atoms with Crippen molar-refractivity contribution >= 4 is 28.7 Å². The van der Waals surface area contributed by atoms with E-state index in [-0.39, 0.29) is 17.9 Å². The number of amides is 3. The van der Waals surface area contributed by atoms with Crippen molar-refractivity contribution in [3.63, 3.8) is 0 Å². The molecule has 8 nitrogen and oxygen atoms in total. The van der Waals surface area contributed by atoms with Crippen LogP contribution in [0.25, 0.3) is 22.3 Å². The number of carbonyl (C=O) groups excluding carboxylic acids is 2. The molecule has 2 N–H and O–H groups in total. The molecule has 1 saturated heterocycles. The van der Waals surface area contributed by atoms with Gasteiger partial charge in [0.1, 0.15) is 0 Å². The molecule has 2 aromatic carbocycles. The zero-order chi connectivity index (χ0) is 25.8. The Bertz CT molecular complexity index is 1400. The molecule has 0 bridgehead atoms. The smallest absolute Gasteiger partial charge is 0.319 e. The van der Waals surface area contributed by atoms with Crippen LogP contribution < -0.4 is 10.6 Å². The number of carbonyl (C=O) groups is 2. The molecule has 0 spiro atoms. The molecule has 5 rings (SSSR count). The number of aryl methyl sites for hydroxylation is 2. The standard InChI is InChI=1S/C29H32N6O2/c1-3-35-27-25(18-31-35)24(16-26(33-27)22-9-5-4-6-10-22)28(36)34-15-7-8-21(19-34)17-30-29(37)32-23-13-11-20(2)12-14-23/h4-6,9-14,16,18,21H,3,7-8,15,17,19H2,1-2H3,(H2,30,32,37). The molecule has 0 saturated carbocycles. The van der Waals surface area contributed by atoms with Crippen LogP contribution in [0.1, 0.15) is 35.7 Å². The van der Waals surface area contributed by atoms with Crippen LogP contribution >= 0.6 is 0 Å². The first-order valence-electron chi connectivity index (χ1n) is 12.8. The quantitative estimate of drug-likeness (QED) is 0.388. The highest BCUT2D eigenvalue weighted by atomic mass is 16.2. The predicted molar refractivity (Wildman–Crippen MR) is 145 cm³/mol. The summed E-state index contributed by atoms with van der Waals surface area (Å²) in [7, 11) is 0. The fourth-order valence-electron chi connectivity index (χ4n) is 4.85. The van der Waals surface area contributed by atoms with Crippen LogP contribution in [-0.2, 0) is 6.54 Å². The number of fused-ring (bicyclic) bond motifs is 1. The number of urea groups is 1. The number of aromatic nitrogens is 3. The second kappa shape index (κ2) is 10.8. The Kier molecular flexibility index (Phi) is 7.16. The van der Waals surface area contributed by atoms with E-state index in [0.29, 0.717) is 31.7 Å². The van der Waals surface area contributed by atoms with E-state index in [1.807, 2.05) is 84.1 Å². The molecular weight excluding hydrogens is 464 g/mol. The number of benzene rings is 2. The van der Waals surface area contributed by atoms with Gasteiger partial charge in [-0.25, -0.2) is 14.5 Å². The second-order valence-corrected chi connectivity index (χ2v) is 9.58. The number of nitrogens with one attached hydrogen (secondary N) is 2. The number of hydrogen-bond donors (Lipinski definition) is 2. The summed E-state index contributed by atoms with van der Waals surface area (Å²) >= 11 is 0. The Morgan fingerprint density at radius 2 is 1.86 bits per heavy atom. The van der Waals surface area contributed by atoms with E-state index in [1.165, 1.54) is 0 Å². The van der Waals surface area contributed by atoms with Crippen LogP contribution in [0.5, 0.6) is 0 Å². The molecule has 8 heteroatoms. The van der Waals surface area contributed by atoms with Gasteiger partial charge in [-0.1, -0.05) is 48.0 Å². The molecule has 1 atom stereocenters. The van der Waals surface area contributed by atoms with Gasteiger partial charge in [-0.3, -0.25) is 4.79 Å². The minimum Gasteiger partial charge on any atom is -0.338 e. The molecule has 1 aliphatic rings. The van der Waals surface area contributed by atoms with Crippen LogP contribution in [0.2, 0.25) is 0 Å². The van der Waals surface area contributed by atoms with Gasteiger partial charge < -0.3 is 15.5 Å². The minimum atomic E-state index is -0.234. The van der Waals surface area contributed by atoms with Crippen molar-refractivity contribution in [1.82, 2.24) is 25.0 Å². The van der Waals surface area contributed by atoms with Crippen LogP contribution in [0.4, 0.5) is 10.5 Å². The molecule has 2 aromatic heterocycles. The lowest BCUT2D eigenvalue weighted by Crippen LogP contribution is -2.44. The lowest BCUT2D eigenvalue weighted by molar-refractivity contribution is 0.0677. The second-order valence-electron chi connectivity index (χ2n) is 9.58. The molecule has 4 aromatic rings. The van der Waals surface area contributed by atoms with Crippen molar-refractivity contribution in [3.05, 3.63) is 78.0 Å². The van der Waals surface area contributed by atoms with Crippen LogP contribution in [0.15, 0.2) is 66.9 Å². The number of pyridine rings is 1. The third kappa shape index (κ3) is 5.48. The van der Waals surface area contributed by atoms with Crippen LogP contribution in [0.3, 0.4) is 0 Å². The largest absolute Gasteiger partial charge is 0.338 e. The van der Waals surface area contributed by atoms with E-state index in [9.17, 15) is 9.59 Å². The summed E-state index contributed by atoms with van der Waals surface area (Å²) in [5.74, 6) is 0.166. The predicted octanol–water partition coefficient (Wildman–Crippen LogP) is 5.10. The topological polar surface area (TPSA) is 92.2 Å². The molecule has 3 amide bonds. The highest BCUT2D eigenvalue weighted by Crippen LogP contribution is 2.27. The number of piperidine rings is 1. The Labute approximate surface area is 216 Å². The third-order valence-corrected chi connectivity index (χ3v) is 6.88. The highest BCUT2D eigenvalue weighted by Gasteiger charge is 2.27. The number of nitrogens with zero attached hydrogens (tertiary/aromatic N) is 4. The Balaban J connectivity index is 1.31. The lowest BCUT2D eigenvalue weighted by atomic mass is 9.97. The first kappa shape index (κ1) is 24.5. The van der Waals surface area contributed by atoms with Gasteiger partial charge in [-0.2, -0.15) is 5.10 Å². The van der Waals surface area contributed by atoms with Crippen LogP contribution in [-0.4, -0.2) is 51.2 Å². The maximum Gasteiger partial charge on any atom is 0.319 e. The number of likely N-dealkylation sites (tertiary alicyclic amines) is 1. The van der Waals surface area contributed by atoms with E-state index < -0.39 is 0 Å². The summed E-state index contributed by atoms with van der Waals surface area (Å²) in [6, 6.07) is 19.3. The summed E-state index contributed by atoms with van der Waals surface area (Å²) in [6.07, 6.45) is 3.60. The first-order valence-corrected chi connectivity index (χ1v) is 12.8. The number of hydrogen-bond acceptors (Lipinski definition) is 4. The summed E-state index contributed by atoms with van der Waals surface area (Å²) in [6.45, 7) is 6.49. The molecule has 0 aliphatic carbocycles. The normalized spacial score (nSPS) is 15.5. The molecule has 1 fully saturated rings. The van der Waals surface area contributed by atoms with E-state index in [4.69, 9.17) is 4.98 Å². The summed E-state index contributed by atoms with van der Waals surface area (Å²) < 4.78 is 1.83. The van der Waals surface area contributed by atoms with Gasteiger partial charge >= 0.3 is 6.03 Å². The van der Waals surface area contributed by atoms with Crippen molar-refractivity contribution in [2.75, 3.05) is 25.0 Å². The van der Waals surface area contributed by atoms with Gasteiger partial charge in [-0.15, -0.1) is 0 Å². The fourth-order valence-corrected chi connectivity index (χ4v) is 4.85. The van der Waals surface area contributed by atoms with Crippen molar-refractivity contribution < 1.29 is 9.59 Å². The molecule has 190 valence electrons. The van der Waals surface area contributed by atoms with Crippen molar-refractivity contribution in [1.29, 1.82) is 0 Å². The van der Waals surface area contributed by atoms with Gasteiger partial charge in [-0.05, 0) is 50.8 Å². The van der Waals surface area contributed by atoms with E-state index in [1.54, 1.807) is 6.20 Å². The summed E-state index contributed by atoms with van der Waals surface area (Å²) in [5.41, 5.74) is 4.95. The molecule has 1 aliphatic heterocycles. The number of rotatable bonds is 6. The maximum atomic E-state index is 13.8. The highest BCUT2D eigenvalue weighted by molar-refractivity contribution is 6.06. The van der Waals surface area contributed by atoms with Gasteiger partial charge in [0.15, 0.2) is 5.65 Å². The van der Waals surface area contributed by atoms with E-state index in [2.05, 4.69) is 15.7 Å². The fraction of sp³-hybridized carbons (Fsp3) is 0.310. The first-order chi connectivity index (χ1) is 18.0. The van der Waals surface area contributed by atoms with Gasteiger partial charge in [0.2, 0.25) is 0 Å². The zero-order valence-corrected chi connectivity index (χ0v) is 21.3. The van der Waals surface area contributed by atoms with Crippen molar-refractivity contribution in [2.24, 2.45) is 5.92 Å². The SMILES string of the molecule is CCn1ncc2c(C(=O)N3CCCC(CNC(=O)Nc4ccc(C)cc4)C3)cc(-c3ccccc3)nc21. The Morgan fingerprint density at radius 3 is 2.62 bits per heavy atom. The Hall–Kier alpha value is -4.20. The average molecular weight is 497 g/mol. The van der Waals surface area contributed by atoms with Crippen molar-refractivity contribution in [2.45, 2.75) is 33.2 Å². The van der Waals surface area contributed by atoms with Crippen LogP contribution in [0, 0.1) is 12.8 Å². The minimum absolute atomic E-state index is 0.0194. The molecule has 1 unspecified atom stereocenters. The van der Waals surface area contributed by atoms with Crippen molar-refractivity contribution in [3.8, 4) is 11.3 Å². The zero-order valence-electron chi connectivity index (χ0n) is 21.3. The Morgan fingerprint density at radius 1 is 1.08 bits per heavy atom. The van der Waals surface area contributed by atoms with E-state index >= 15 is 0 Å². The number of anilines is 1. The maximum absolute atomic E-state index is 13.8. The van der Waals surface area contributed by atoms with E-state index in [0.717, 1.165) is 46.4 Å².